The van der Waals surface area contributed by atoms with Gasteiger partial charge in [0.2, 0.25) is 0 Å². The van der Waals surface area contributed by atoms with Crippen LogP contribution in [-0.4, -0.2) is 42.1 Å². The molecule has 0 spiro atoms. The largest absolute Gasteiger partial charge is 0.353 e. The summed E-state index contributed by atoms with van der Waals surface area (Å²) < 4.78 is 0. The van der Waals surface area contributed by atoms with E-state index in [1.807, 2.05) is 12.1 Å². The van der Waals surface area contributed by atoms with Crippen LogP contribution in [0.2, 0.25) is 5.02 Å². The third-order valence-electron chi connectivity index (χ3n) is 3.59. The van der Waals surface area contributed by atoms with Crippen LogP contribution in [0, 0.1) is 0 Å². The molecular weight excluding hydrogens is 210 g/mol. The summed E-state index contributed by atoms with van der Waals surface area (Å²) in [5.41, 5.74) is 0. The number of likely N-dealkylation sites (N-methyl/N-ethyl adjacent to an activating group) is 1. The highest BCUT2D eigenvalue weighted by Gasteiger charge is 2.42. The maximum atomic E-state index is 5.82. The van der Waals surface area contributed by atoms with Gasteiger partial charge in [-0.1, -0.05) is 11.6 Å². The zero-order valence-corrected chi connectivity index (χ0v) is 9.48. The Morgan fingerprint density at radius 3 is 2.60 bits per heavy atom. The molecule has 2 atom stereocenters. The summed E-state index contributed by atoms with van der Waals surface area (Å²) in [4.78, 5) is 9.18. The van der Waals surface area contributed by atoms with Crippen LogP contribution in [0.25, 0.3) is 0 Å². The summed E-state index contributed by atoms with van der Waals surface area (Å²) in [5.74, 6) is 1.06. The molecule has 3 fully saturated rings. The molecule has 0 radical (unpaired) electrons. The van der Waals surface area contributed by atoms with E-state index in [4.69, 9.17) is 11.6 Å². The molecule has 4 heteroatoms. The molecule has 0 aliphatic carbocycles. The Morgan fingerprint density at radius 1 is 1.33 bits per heavy atom. The molecule has 0 N–H and O–H groups in total. The van der Waals surface area contributed by atoms with Crippen molar-refractivity contribution >= 4 is 17.4 Å². The van der Waals surface area contributed by atoms with Gasteiger partial charge in [0.1, 0.15) is 5.82 Å². The lowest BCUT2D eigenvalue weighted by atomic mass is 9.88. The number of piperazine rings is 1. The molecule has 3 saturated heterocycles. The fourth-order valence-electron chi connectivity index (χ4n) is 2.54. The maximum Gasteiger partial charge on any atom is 0.128 e. The second-order valence-corrected chi connectivity index (χ2v) is 4.88. The van der Waals surface area contributed by atoms with E-state index in [0.29, 0.717) is 5.02 Å². The van der Waals surface area contributed by atoms with Crippen LogP contribution in [0.5, 0.6) is 0 Å². The predicted molar refractivity (Wildman–Crippen MR) is 61.4 cm³/mol. The van der Waals surface area contributed by atoms with Crippen molar-refractivity contribution in [2.75, 3.05) is 25.0 Å². The summed E-state index contributed by atoms with van der Waals surface area (Å²) in [7, 11) is 2.21. The molecule has 0 saturated carbocycles. The van der Waals surface area contributed by atoms with Gasteiger partial charge in [-0.15, -0.1) is 0 Å². The fourth-order valence-corrected chi connectivity index (χ4v) is 2.65. The average Bonchev–Trinajstić information content (AvgIpc) is 2.29. The Hall–Kier alpha value is -0.800. The SMILES string of the molecule is CN1C2CC1CN(c1ccc(Cl)cn1)C2. The second kappa shape index (κ2) is 3.35. The van der Waals surface area contributed by atoms with Crippen molar-refractivity contribution < 1.29 is 0 Å². The number of nitrogens with zero attached hydrogens (tertiary/aromatic N) is 3. The number of piperidine rings is 1. The van der Waals surface area contributed by atoms with E-state index in [0.717, 1.165) is 31.0 Å². The van der Waals surface area contributed by atoms with Gasteiger partial charge in [-0.3, -0.25) is 4.90 Å². The number of anilines is 1. The third kappa shape index (κ3) is 1.50. The van der Waals surface area contributed by atoms with Gasteiger partial charge in [-0.25, -0.2) is 4.98 Å². The zero-order valence-electron chi connectivity index (χ0n) is 8.73. The Kier molecular flexibility index (Phi) is 2.11. The standard InChI is InChI=1S/C11H14ClN3/c1-14-9-4-10(14)7-15(6-9)11-3-2-8(12)5-13-11/h2-3,5,9-10H,4,6-7H2,1H3. The molecule has 1 aromatic heterocycles. The molecule has 80 valence electrons. The first-order valence-electron chi connectivity index (χ1n) is 5.32. The van der Waals surface area contributed by atoms with Gasteiger partial charge >= 0.3 is 0 Å². The molecule has 3 aliphatic rings. The highest BCUT2D eigenvalue weighted by Crippen LogP contribution is 2.32. The maximum absolute atomic E-state index is 5.82. The molecule has 0 aromatic carbocycles. The van der Waals surface area contributed by atoms with E-state index in [9.17, 15) is 0 Å². The van der Waals surface area contributed by atoms with Crippen molar-refractivity contribution in [3.63, 3.8) is 0 Å². The lowest BCUT2D eigenvalue weighted by molar-refractivity contribution is 0.0261. The summed E-state index contributed by atoms with van der Waals surface area (Å²) >= 11 is 5.82. The Morgan fingerprint density at radius 2 is 2.07 bits per heavy atom. The normalized spacial score (nSPS) is 30.1. The van der Waals surface area contributed by atoms with E-state index in [2.05, 4.69) is 21.8 Å². The van der Waals surface area contributed by atoms with Crippen LogP contribution in [0.15, 0.2) is 18.3 Å². The quantitative estimate of drug-likeness (QED) is 0.722. The number of aromatic nitrogens is 1. The lowest BCUT2D eigenvalue weighted by Crippen LogP contribution is -2.67. The van der Waals surface area contributed by atoms with Crippen molar-refractivity contribution in [2.45, 2.75) is 18.5 Å². The minimum absolute atomic E-state index is 0.707. The topological polar surface area (TPSA) is 19.4 Å². The van der Waals surface area contributed by atoms with E-state index < -0.39 is 0 Å². The molecule has 4 rings (SSSR count). The molecule has 0 amide bonds. The van der Waals surface area contributed by atoms with Crippen LogP contribution in [0.1, 0.15) is 6.42 Å². The summed E-state index contributed by atoms with van der Waals surface area (Å²) in [6, 6.07) is 5.36. The first-order valence-corrected chi connectivity index (χ1v) is 5.70. The van der Waals surface area contributed by atoms with Crippen molar-refractivity contribution in [1.29, 1.82) is 0 Å². The Bertz CT molecular complexity index is 353. The number of pyridine rings is 1. The van der Waals surface area contributed by atoms with Gasteiger partial charge in [0.15, 0.2) is 0 Å². The van der Waals surface area contributed by atoms with E-state index >= 15 is 0 Å². The summed E-state index contributed by atoms with van der Waals surface area (Å²) in [6.45, 7) is 2.20. The smallest absolute Gasteiger partial charge is 0.128 e. The van der Waals surface area contributed by atoms with Gasteiger partial charge in [0.25, 0.3) is 0 Å². The fraction of sp³-hybridized carbons (Fsp3) is 0.545. The minimum Gasteiger partial charge on any atom is -0.353 e. The summed E-state index contributed by atoms with van der Waals surface area (Å²) in [5, 5.41) is 0.707. The molecule has 15 heavy (non-hydrogen) atoms. The molecule has 3 nitrogen and oxygen atoms in total. The predicted octanol–water partition coefficient (Wildman–Crippen LogP) is 1.63. The van der Waals surface area contributed by atoms with E-state index in [-0.39, 0.29) is 0 Å². The molecule has 4 heterocycles. The minimum atomic E-state index is 0.707. The Balaban J connectivity index is 1.77. The molecular formula is C11H14ClN3. The average molecular weight is 224 g/mol. The summed E-state index contributed by atoms with van der Waals surface area (Å²) in [6.07, 6.45) is 3.07. The lowest BCUT2D eigenvalue weighted by Gasteiger charge is -2.55. The van der Waals surface area contributed by atoms with Crippen molar-refractivity contribution in [3.05, 3.63) is 23.4 Å². The van der Waals surface area contributed by atoms with Crippen molar-refractivity contribution in [1.82, 2.24) is 9.88 Å². The van der Waals surface area contributed by atoms with E-state index in [1.54, 1.807) is 6.20 Å². The monoisotopic (exact) mass is 223 g/mol. The van der Waals surface area contributed by atoms with Crippen LogP contribution in [0.3, 0.4) is 0 Å². The van der Waals surface area contributed by atoms with Gasteiger partial charge in [-0.05, 0) is 25.6 Å². The third-order valence-corrected chi connectivity index (χ3v) is 3.82. The van der Waals surface area contributed by atoms with Gasteiger partial charge in [0, 0.05) is 31.4 Å². The number of hydrogen-bond donors (Lipinski definition) is 0. The highest BCUT2D eigenvalue weighted by atomic mass is 35.5. The van der Waals surface area contributed by atoms with E-state index in [1.165, 1.54) is 6.42 Å². The van der Waals surface area contributed by atoms with Crippen molar-refractivity contribution in [2.24, 2.45) is 0 Å². The van der Waals surface area contributed by atoms with Crippen LogP contribution >= 0.6 is 11.6 Å². The first-order chi connectivity index (χ1) is 7.24. The van der Waals surface area contributed by atoms with Crippen molar-refractivity contribution in [3.8, 4) is 0 Å². The van der Waals surface area contributed by atoms with Gasteiger partial charge in [0.05, 0.1) is 5.02 Å². The Labute approximate surface area is 94.7 Å². The molecule has 1 aromatic rings. The molecule has 2 bridgehead atoms. The highest BCUT2D eigenvalue weighted by molar-refractivity contribution is 6.30. The zero-order chi connectivity index (χ0) is 10.4. The first kappa shape index (κ1) is 9.43. The molecule has 3 aliphatic heterocycles. The second-order valence-electron chi connectivity index (χ2n) is 4.45. The number of halogens is 1. The number of fused-ring (bicyclic) bond motifs is 2. The van der Waals surface area contributed by atoms with Crippen LogP contribution in [0.4, 0.5) is 5.82 Å². The van der Waals surface area contributed by atoms with Crippen LogP contribution in [-0.2, 0) is 0 Å². The van der Waals surface area contributed by atoms with Gasteiger partial charge < -0.3 is 4.90 Å². The van der Waals surface area contributed by atoms with Crippen LogP contribution < -0.4 is 4.90 Å². The molecule has 2 unspecified atom stereocenters. The number of hydrogen-bond acceptors (Lipinski definition) is 3. The van der Waals surface area contributed by atoms with Gasteiger partial charge in [-0.2, -0.15) is 0 Å². The number of rotatable bonds is 1.